The molecule has 0 amide bonds. The van der Waals surface area contributed by atoms with Gasteiger partial charge in [-0.2, -0.15) is 0 Å². The van der Waals surface area contributed by atoms with Crippen LogP contribution in [0.2, 0.25) is 0 Å². The maximum absolute atomic E-state index is 5.96. The summed E-state index contributed by atoms with van der Waals surface area (Å²) in [5.74, 6) is 2.18. The van der Waals surface area contributed by atoms with Crippen LogP contribution < -0.4 is 10.6 Å². The van der Waals surface area contributed by atoms with Crippen LogP contribution in [0.3, 0.4) is 0 Å². The van der Waals surface area contributed by atoms with Gasteiger partial charge in [0.1, 0.15) is 0 Å². The Kier molecular flexibility index (Phi) is 4.72. The fraction of sp³-hybridized carbons (Fsp3) is 0.667. The quantitative estimate of drug-likeness (QED) is 0.636. The van der Waals surface area contributed by atoms with E-state index in [1.807, 2.05) is 0 Å². The Hall–Kier alpha value is -1.55. The zero-order valence-electron chi connectivity index (χ0n) is 15.7. The van der Waals surface area contributed by atoms with Gasteiger partial charge in [-0.15, -0.1) is 0 Å². The fourth-order valence-electron chi connectivity index (χ4n) is 4.28. The van der Waals surface area contributed by atoms with Gasteiger partial charge >= 0.3 is 0 Å². The molecule has 2 N–H and O–H groups in total. The lowest BCUT2D eigenvalue weighted by Crippen LogP contribution is -2.48. The molecule has 2 bridgehead atoms. The van der Waals surface area contributed by atoms with Crippen molar-refractivity contribution >= 4 is 5.96 Å². The molecule has 2 saturated heterocycles. The number of ether oxygens (including phenoxy) is 1. The van der Waals surface area contributed by atoms with E-state index in [4.69, 9.17) is 4.74 Å². The average Bonchev–Trinajstić information content (AvgIpc) is 3.04. The molecular formula is C21H31N3O. The van der Waals surface area contributed by atoms with Crippen molar-refractivity contribution in [3.8, 4) is 0 Å². The molecule has 0 spiro atoms. The molecule has 4 nitrogen and oxygen atoms in total. The van der Waals surface area contributed by atoms with E-state index in [9.17, 15) is 0 Å². The van der Waals surface area contributed by atoms with Gasteiger partial charge < -0.3 is 15.4 Å². The Morgan fingerprint density at radius 1 is 1.12 bits per heavy atom. The third-order valence-electron chi connectivity index (χ3n) is 5.89. The summed E-state index contributed by atoms with van der Waals surface area (Å²) in [4.78, 5) is 4.66. The van der Waals surface area contributed by atoms with E-state index < -0.39 is 0 Å². The Morgan fingerprint density at radius 2 is 1.88 bits per heavy atom. The average molecular weight is 341 g/mol. The minimum absolute atomic E-state index is 0.382. The number of aliphatic imine (C=N–C) groups is 1. The van der Waals surface area contributed by atoms with Crippen molar-refractivity contribution in [3.05, 3.63) is 35.4 Å². The van der Waals surface area contributed by atoms with Crippen LogP contribution in [0.25, 0.3) is 0 Å². The van der Waals surface area contributed by atoms with Crippen molar-refractivity contribution in [2.24, 2.45) is 4.99 Å². The Morgan fingerprint density at radius 3 is 2.48 bits per heavy atom. The summed E-state index contributed by atoms with van der Waals surface area (Å²) in [6.45, 7) is 7.39. The number of benzene rings is 1. The molecule has 2 heterocycles. The number of nitrogens with zero attached hydrogens (tertiary/aromatic N) is 1. The maximum atomic E-state index is 5.96. The van der Waals surface area contributed by atoms with Crippen molar-refractivity contribution in [3.63, 3.8) is 0 Å². The Balaban J connectivity index is 1.33. The molecule has 2 aliphatic heterocycles. The molecule has 3 fully saturated rings. The molecule has 4 rings (SSSR count). The van der Waals surface area contributed by atoms with Crippen molar-refractivity contribution in [1.29, 1.82) is 0 Å². The normalized spacial score (nSPS) is 33.8. The van der Waals surface area contributed by atoms with E-state index in [-0.39, 0.29) is 0 Å². The summed E-state index contributed by atoms with van der Waals surface area (Å²) in [6, 6.07) is 10.1. The molecule has 5 atom stereocenters. The van der Waals surface area contributed by atoms with E-state index in [0.29, 0.717) is 36.1 Å². The molecule has 0 aromatic heterocycles. The van der Waals surface area contributed by atoms with Gasteiger partial charge in [0.2, 0.25) is 0 Å². The molecular weight excluding hydrogens is 310 g/mol. The van der Waals surface area contributed by atoms with Gasteiger partial charge in [0.25, 0.3) is 0 Å². The number of hydrogen-bond acceptors (Lipinski definition) is 2. The van der Waals surface area contributed by atoms with Crippen molar-refractivity contribution in [1.82, 2.24) is 10.6 Å². The van der Waals surface area contributed by atoms with Crippen LogP contribution in [0, 0.1) is 0 Å². The first-order valence-electron chi connectivity index (χ1n) is 9.97. The molecule has 4 heteroatoms. The highest BCUT2D eigenvalue weighted by Gasteiger charge is 2.43. The second kappa shape index (κ2) is 6.99. The van der Waals surface area contributed by atoms with Crippen LogP contribution in [-0.4, -0.2) is 36.8 Å². The van der Waals surface area contributed by atoms with Crippen LogP contribution in [0.1, 0.15) is 69.4 Å². The number of nitrogens with one attached hydrogen (secondary N) is 2. The third kappa shape index (κ3) is 3.69. The Bertz CT molecular complexity index is 625. The molecule has 1 aromatic carbocycles. The SMILES string of the molecule is CCN=C(NC1CC2CCC1O2)NC1CC1c1ccc(C(C)C)cc1. The predicted molar refractivity (Wildman–Crippen MR) is 102 cm³/mol. The van der Waals surface area contributed by atoms with E-state index in [2.05, 4.69) is 60.7 Å². The molecule has 136 valence electrons. The highest BCUT2D eigenvalue weighted by Crippen LogP contribution is 2.41. The highest BCUT2D eigenvalue weighted by molar-refractivity contribution is 5.81. The fourth-order valence-corrected chi connectivity index (χ4v) is 4.28. The summed E-state index contributed by atoms with van der Waals surface area (Å²) in [6.07, 6.45) is 5.59. The summed E-state index contributed by atoms with van der Waals surface area (Å²) >= 11 is 0. The summed E-state index contributed by atoms with van der Waals surface area (Å²) < 4.78 is 5.96. The molecule has 3 aliphatic rings. The molecule has 5 unspecified atom stereocenters. The van der Waals surface area contributed by atoms with E-state index in [1.165, 1.54) is 30.4 Å². The molecule has 0 radical (unpaired) electrons. The van der Waals surface area contributed by atoms with Crippen LogP contribution in [0.4, 0.5) is 0 Å². The number of guanidine groups is 1. The van der Waals surface area contributed by atoms with Crippen molar-refractivity contribution in [2.45, 2.75) is 82.6 Å². The van der Waals surface area contributed by atoms with Gasteiger partial charge in [-0.3, -0.25) is 4.99 Å². The van der Waals surface area contributed by atoms with Crippen LogP contribution in [0.15, 0.2) is 29.3 Å². The first-order valence-corrected chi connectivity index (χ1v) is 9.97. The van der Waals surface area contributed by atoms with Gasteiger partial charge in [-0.25, -0.2) is 0 Å². The van der Waals surface area contributed by atoms with Crippen LogP contribution in [-0.2, 0) is 4.74 Å². The molecule has 1 aromatic rings. The zero-order valence-corrected chi connectivity index (χ0v) is 15.7. The standard InChI is InChI=1S/C21H31N3O/c1-4-22-21(24-19-11-16-9-10-20(19)25-16)23-18-12-17(18)15-7-5-14(6-8-15)13(2)3/h5-8,13,16-20H,4,9-12H2,1-3H3,(H2,22,23,24). The zero-order chi connectivity index (χ0) is 17.4. The lowest BCUT2D eigenvalue weighted by atomic mass is 9.96. The summed E-state index contributed by atoms with van der Waals surface area (Å²) in [5, 5.41) is 7.28. The Labute approximate surface area is 151 Å². The maximum Gasteiger partial charge on any atom is 0.191 e. The van der Waals surface area contributed by atoms with E-state index >= 15 is 0 Å². The van der Waals surface area contributed by atoms with Crippen LogP contribution in [0.5, 0.6) is 0 Å². The van der Waals surface area contributed by atoms with Gasteiger partial charge in [0.05, 0.1) is 18.2 Å². The molecule has 25 heavy (non-hydrogen) atoms. The first-order chi connectivity index (χ1) is 12.1. The minimum Gasteiger partial charge on any atom is -0.373 e. The number of hydrogen-bond donors (Lipinski definition) is 2. The van der Waals surface area contributed by atoms with Gasteiger partial charge in [0.15, 0.2) is 5.96 Å². The summed E-state index contributed by atoms with van der Waals surface area (Å²) in [7, 11) is 0. The largest absolute Gasteiger partial charge is 0.373 e. The van der Waals surface area contributed by atoms with Crippen molar-refractivity contribution in [2.75, 3.05) is 6.54 Å². The lowest BCUT2D eigenvalue weighted by Gasteiger charge is -2.23. The smallest absolute Gasteiger partial charge is 0.191 e. The van der Waals surface area contributed by atoms with Crippen molar-refractivity contribution < 1.29 is 4.74 Å². The second-order valence-corrected chi connectivity index (χ2v) is 8.10. The van der Waals surface area contributed by atoms with E-state index in [0.717, 1.165) is 18.9 Å². The molecule has 1 saturated carbocycles. The summed E-state index contributed by atoms with van der Waals surface area (Å²) in [5.41, 5.74) is 2.86. The van der Waals surface area contributed by atoms with E-state index in [1.54, 1.807) is 0 Å². The minimum atomic E-state index is 0.382. The number of fused-ring (bicyclic) bond motifs is 2. The molecule has 1 aliphatic carbocycles. The van der Waals surface area contributed by atoms with Gasteiger partial charge in [-0.05, 0) is 49.7 Å². The topological polar surface area (TPSA) is 45.7 Å². The van der Waals surface area contributed by atoms with Gasteiger partial charge in [0, 0.05) is 18.5 Å². The first kappa shape index (κ1) is 16.9. The third-order valence-corrected chi connectivity index (χ3v) is 5.89. The van der Waals surface area contributed by atoms with Gasteiger partial charge in [-0.1, -0.05) is 38.1 Å². The highest BCUT2D eigenvalue weighted by atomic mass is 16.5. The lowest BCUT2D eigenvalue weighted by molar-refractivity contribution is 0.0992. The van der Waals surface area contributed by atoms with Crippen LogP contribution >= 0.6 is 0 Å². The number of rotatable bonds is 5. The monoisotopic (exact) mass is 341 g/mol. The second-order valence-electron chi connectivity index (χ2n) is 8.10. The predicted octanol–water partition coefficient (Wildman–Crippen LogP) is 3.54.